The van der Waals surface area contributed by atoms with Crippen molar-refractivity contribution in [1.82, 2.24) is 4.90 Å². The molecule has 4 rings (SSSR count). The highest BCUT2D eigenvalue weighted by Gasteiger charge is 2.50. The fraction of sp³-hybridized carbons (Fsp3) is 0.458. The van der Waals surface area contributed by atoms with E-state index >= 15 is 0 Å². The number of para-hydroxylation sites is 1. The molecule has 0 spiro atoms. The van der Waals surface area contributed by atoms with Gasteiger partial charge < -0.3 is 14.7 Å². The number of carbonyl (C=O) groups is 1. The van der Waals surface area contributed by atoms with Crippen LogP contribution in [0.1, 0.15) is 61.0 Å². The maximum Gasteiger partial charge on any atom is 0.254 e. The van der Waals surface area contributed by atoms with Gasteiger partial charge in [0.2, 0.25) is 0 Å². The van der Waals surface area contributed by atoms with E-state index in [1.807, 2.05) is 36.1 Å². The van der Waals surface area contributed by atoms with Gasteiger partial charge in [-0.1, -0.05) is 37.1 Å². The van der Waals surface area contributed by atoms with Crippen LogP contribution in [0.25, 0.3) is 0 Å². The third-order valence-electron chi connectivity index (χ3n) is 6.44. The number of nitrogens with zero attached hydrogens (tertiary/aromatic N) is 1. The number of hydrogen-bond acceptors (Lipinski definition) is 3. The summed E-state index contributed by atoms with van der Waals surface area (Å²) in [6.07, 6.45) is 4.19. The van der Waals surface area contributed by atoms with Crippen molar-refractivity contribution in [1.29, 1.82) is 0 Å². The maximum atomic E-state index is 13.8. The van der Waals surface area contributed by atoms with Crippen LogP contribution in [-0.4, -0.2) is 34.7 Å². The van der Waals surface area contributed by atoms with Crippen LogP contribution in [0.3, 0.4) is 0 Å². The first-order valence-electron chi connectivity index (χ1n) is 10.5. The number of piperidine rings is 1. The molecule has 1 aliphatic carbocycles. The van der Waals surface area contributed by atoms with Gasteiger partial charge in [0.05, 0.1) is 18.2 Å². The van der Waals surface area contributed by atoms with Crippen LogP contribution in [-0.2, 0) is 0 Å². The van der Waals surface area contributed by atoms with Crippen molar-refractivity contribution in [2.45, 2.75) is 50.7 Å². The predicted octanol–water partition coefficient (Wildman–Crippen LogP) is 4.73. The van der Waals surface area contributed by atoms with Crippen molar-refractivity contribution in [2.24, 2.45) is 5.92 Å². The molecule has 1 saturated carbocycles. The molecule has 1 saturated heterocycles. The molecular weight excluding hydrogens is 369 g/mol. The smallest absolute Gasteiger partial charge is 0.254 e. The molecule has 0 radical (unpaired) electrons. The van der Waals surface area contributed by atoms with Gasteiger partial charge in [-0.15, -0.1) is 0 Å². The van der Waals surface area contributed by atoms with E-state index in [0.717, 1.165) is 37.0 Å². The Morgan fingerprint density at radius 1 is 1.21 bits per heavy atom. The average Bonchev–Trinajstić information content (AvgIpc) is 2.73. The van der Waals surface area contributed by atoms with Gasteiger partial charge in [-0.3, -0.25) is 4.79 Å². The molecule has 2 aromatic carbocycles. The summed E-state index contributed by atoms with van der Waals surface area (Å²) in [7, 11) is 0. The number of hydrogen-bond donors (Lipinski definition) is 1. The molecule has 0 aromatic heterocycles. The number of rotatable bonds is 4. The van der Waals surface area contributed by atoms with Crippen molar-refractivity contribution < 1.29 is 19.0 Å². The molecule has 2 aromatic rings. The Kier molecular flexibility index (Phi) is 5.59. The Bertz CT molecular complexity index is 886. The monoisotopic (exact) mass is 397 g/mol. The summed E-state index contributed by atoms with van der Waals surface area (Å²) in [5.74, 6) is 0.0534. The van der Waals surface area contributed by atoms with E-state index in [4.69, 9.17) is 4.74 Å². The highest BCUT2D eigenvalue weighted by Crippen LogP contribution is 2.51. The zero-order valence-electron chi connectivity index (χ0n) is 16.8. The number of fused-ring (bicyclic) bond motifs is 1. The Morgan fingerprint density at radius 3 is 2.83 bits per heavy atom. The van der Waals surface area contributed by atoms with Gasteiger partial charge in [0, 0.05) is 23.6 Å². The molecule has 1 N–H and O–H groups in total. The second-order valence-electron chi connectivity index (χ2n) is 8.13. The third kappa shape index (κ3) is 3.76. The Balaban J connectivity index is 1.79. The lowest BCUT2D eigenvalue weighted by Gasteiger charge is -2.52. The molecule has 3 atom stereocenters. The number of benzene rings is 2. The largest absolute Gasteiger partial charge is 0.494 e. The van der Waals surface area contributed by atoms with Gasteiger partial charge in [-0.2, -0.15) is 0 Å². The molecule has 0 unspecified atom stereocenters. The van der Waals surface area contributed by atoms with Crippen LogP contribution in [0.2, 0.25) is 0 Å². The van der Waals surface area contributed by atoms with E-state index in [9.17, 15) is 14.3 Å². The summed E-state index contributed by atoms with van der Waals surface area (Å²) >= 11 is 0. The minimum atomic E-state index is -0.777. The van der Waals surface area contributed by atoms with Crippen molar-refractivity contribution >= 4 is 5.91 Å². The lowest BCUT2D eigenvalue weighted by molar-refractivity contribution is -0.115. The predicted molar refractivity (Wildman–Crippen MR) is 109 cm³/mol. The number of aliphatic hydroxyl groups is 1. The fourth-order valence-electron chi connectivity index (χ4n) is 5.09. The first kappa shape index (κ1) is 19.9. The number of amides is 1. The standard InChI is InChI=1S/C24H28FNO3/c1-2-29-21-12-4-3-10-19(21)22-20-11-5-6-13-24(20,28)14-15-26(22)23(27)17-8-7-9-18(25)16-17/h3-4,7-10,12,16,20,22,28H,2,5-6,11,13-15H2,1H3/t20-,22+,24-/m0/s1. The highest BCUT2D eigenvalue weighted by molar-refractivity contribution is 5.94. The molecule has 154 valence electrons. The van der Waals surface area contributed by atoms with Crippen molar-refractivity contribution in [3.8, 4) is 5.75 Å². The zero-order chi connectivity index (χ0) is 20.4. The zero-order valence-corrected chi connectivity index (χ0v) is 16.8. The van der Waals surface area contributed by atoms with Crippen LogP contribution in [0.15, 0.2) is 48.5 Å². The lowest BCUT2D eigenvalue weighted by Crippen LogP contribution is -2.56. The molecule has 1 aliphatic heterocycles. The van der Waals surface area contributed by atoms with Gasteiger partial charge >= 0.3 is 0 Å². The summed E-state index contributed by atoms with van der Waals surface area (Å²) in [6, 6.07) is 13.3. The summed E-state index contributed by atoms with van der Waals surface area (Å²) in [5.41, 5.74) is 0.482. The van der Waals surface area contributed by atoms with Crippen molar-refractivity contribution in [3.05, 3.63) is 65.5 Å². The topological polar surface area (TPSA) is 49.8 Å². The summed E-state index contributed by atoms with van der Waals surface area (Å²) in [6.45, 7) is 2.90. The summed E-state index contributed by atoms with van der Waals surface area (Å²) < 4.78 is 19.7. The van der Waals surface area contributed by atoms with E-state index in [0.29, 0.717) is 25.1 Å². The van der Waals surface area contributed by atoms with Gasteiger partial charge in [-0.05, 0) is 50.5 Å². The Morgan fingerprint density at radius 2 is 2.03 bits per heavy atom. The van der Waals surface area contributed by atoms with E-state index in [-0.39, 0.29) is 17.9 Å². The van der Waals surface area contributed by atoms with E-state index in [1.54, 1.807) is 12.1 Å². The van der Waals surface area contributed by atoms with Crippen LogP contribution >= 0.6 is 0 Å². The van der Waals surface area contributed by atoms with E-state index in [1.165, 1.54) is 12.1 Å². The second-order valence-corrected chi connectivity index (χ2v) is 8.13. The molecule has 0 bridgehead atoms. The highest BCUT2D eigenvalue weighted by atomic mass is 19.1. The fourth-order valence-corrected chi connectivity index (χ4v) is 5.09. The van der Waals surface area contributed by atoms with Crippen molar-refractivity contribution in [3.63, 3.8) is 0 Å². The minimum absolute atomic E-state index is 0.0656. The molecule has 5 heteroatoms. The molecule has 1 heterocycles. The van der Waals surface area contributed by atoms with Crippen LogP contribution in [0.5, 0.6) is 5.75 Å². The second kappa shape index (κ2) is 8.15. The molecule has 1 amide bonds. The van der Waals surface area contributed by atoms with Crippen molar-refractivity contribution in [2.75, 3.05) is 13.2 Å². The third-order valence-corrected chi connectivity index (χ3v) is 6.44. The molecule has 2 aliphatic rings. The van der Waals surface area contributed by atoms with Crippen LogP contribution in [0.4, 0.5) is 4.39 Å². The first-order chi connectivity index (χ1) is 14.0. The quantitative estimate of drug-likeness (QED) is 0.811. The number of ether oxygens (including phenoxy) is 1. The van der Waals surface area contributed by atoms with Gasteiger partial charge in [0.25, 0.3) is 5.91 Å². The summed E-state index contributed by atoms with van der Waals surface area (Å²) in [4.78, 5) is 15.2. The molecule has 4 nitrogen and oxygen atoms in total. The maximum absolute atomic E-state index is 13.8. The SMILES string of the molecule is CCOc1ccccc1[C@@H]1[C@@H]2CCCC[C@]2(O)CCN1C(=O)c1cccc(F)c1. The average molecular weight is 397 g/mol. The molecular formula is C24H28FNO3. The van der Waals surface area contributed by atoms with Crippen LogP contribution < -0.4 is 4.74 Å². The number of halogens is 1. The molecule has 2 fully saturated rings. The van der Waals surface area contributed by atoms with Gasteiger partial charge in [0.15, 0.2) is 0 Å². The first-order valence-corrected chi connectivity index (χ1v) is 10.5. The van der Waals surface area contributed by atoms with E-state index < -0.39 is 11.4 Å². The van der Waals surface area contributed by atoms with Crippen LogP contribution in [0, 0.1) is 11.7 Å². The normalized spacial score (nSPS) is 26.7. The summed E-state index contributed by atoms with van der Waals surface area (Å²) in [5, 5.41) is 11.4. The van der Waals surface area contributed by atoms with E-state index in [2.05, 4.69) is 0 Å². The number of carbonyl (C=O) groups excluding carboxylic acids is 1. The Labute approximate surface area is 171 Å². The number of likely N-dealkylation sites (tertiary alicyclic amines) is 1. The van der Waals surface area contributed by atoms with Gasteiger partial charge in [0.1, 0.15) is 11.6 Å². The minimum Gasteiger partial charge on any atom is -0.494 e. The Hall–Kier alpha value is -2.40. The lowest BCUT2D eigenvalue weighted by atomic mass is 9.66. The van der Waals surface area contributed by atoms with Gasteiger partial charge in [-0.25, -0.2) is 4.39 Å². The molecule has 29 heavy (non-hydrogen) atoms.